The summed E-state index contributed by atoms with van der Waals surface area (Å²) < 4.78 is 13.3. The zero-order chi connectivity index (χ0) is 14.1. The van der Waals surface area contributed by atoms with E-state index in [1.807, 2.05) is 12.1 Å². The van der Waals surface area contributed by atoms with Crippen molar-refractivity contribution in [2.75, 3.05) is 5.73 Å². The maximum absolute atomic E-state index is 13.3. The smallest absolute Gasteiger partial charge is 0.220 e. The first-order valence-electron chi connectivity index (χ1n) is 5.87. The van der Waals surface area contributed by atoms with Gasteiger partial charge in [-0.15, -0.1) is 0 Å². The Kier molecular flexibility index (Phi) is 3.12. The molecule has 100 valence electrons. The maximum Gasteiger partial charge on any atom is 0.220 e. The lowest BCUT2D eigenvalue weighted by Gasteiger charge is -2.02. The summed E-state index contributed by atoms with van der Waals surface area (Å²) >= 11 is 6.08. The van der Waals surface area contributed by atoms with Gasteiger partial charge in [-0.3, -0.25) is 0 Å². The molecule has 0 aliphatic carbocycles. The van der Waals surface area contributed by atoms with Gasteiger partial charge < -0.3 is 10.7 Å². The molecule has 0 atom stereocenters. The van der Waals surface area contributed by atoms with Gasteiger partial charge in [0.25, 0.3) is 0 Å². The highest BCUT2D eigenvalue weighted by molar-refractivity contribution is 6.33. The lowest BCUT2D eigenvalue weighted by atomic mass is 10.1. The van der Waals surface area contributed by atoms with E-state index >= 15 is 0 Å². The maximum atomic E-state index is 13.3. The molecule has 0 unspecified atom stereocenters. The Morgan fingerprint density at radius 2 is 1.90 bits per heavy atom. The minimum absolute atomic E-state index is 0.197. The van der Waals surface area contributed by atoms with E-state index in [2.05, 4.69) is 15.0 Å². The van der Waals surface area contributed by atoms with Crippen LogP contribution in [0, 0.1) is 5.82 Å². The Bertz CT molecular complexity index is 769. The van der Waals surface area contributed by atoms with Crippen LogP contribution >= 0.6 is 11.6 Å². The Labute approximate surface area is 119 Å². The van der Waals surface area contributed by atoms with Gasteiger partial charge in [0.2, 0.25) is 5.95 Å². The first kappa shape index (κ1) is 12.6. The van der Waals surface area contributed by atoms with Crippen LogP contribution in [-0.2, 0) is 0 Å². The monoisotopic (exact) mass is 288 g/mol. The van der Waals surface area contributed by atoms with Crippen LogP contribution in [0.2, 0.25) is 5.02 Å². The van der Waals surface area contributed by atoms with Gasteiger partial charge in [-0.25, -0.2) is 14.4 Å². The molecule has 0 aliphatic heterocycles. The minimum Gasteiger partial charge on any atom is -0.368 e. The van der Waals surface area contributed by atoms with Gasteiger partial charge in [-0.2, -0.15) is 0 Å². The molecule has 0 aliphatic rings. The lowest BCUT2D eigenvalue weighted by Crippen LogP contribution is -1.95. The number of hydrogen-bond acceptors (Lipinski definition) is 3. The molecule has 20 heavy (non-hydrogen) atoms. The third-order valence-electron chi connectivity index (χ3n) is 2.85. The van der Waals surface area contributed by atoms with Crippen LogP contribution in [0.15, 0.2) is 42.6 Å². The van der Waals surface area contributed by atoms with E-state index in [-0.39, 0.29) is 11.8 Å². The molecule has 0 radical (unpaired) electrons. The fraction of sp³-hybridized carbons (Fsp3) is 0. The second kappa shape index (κ2) is 4.94. The molecule has 3 N–H and O–H groups in total. The molecule has 0 spiro atoms. The third-order valence-corrected chi connectivity index (χ3v) is 3.18. The molecular formula is C14H10ClFN4. The normalized spacial score (nSPS) is 10.7. The first-order chi connectivity index (χ1) is 9.63. The van der Waals surface area contributed by atoms with E-state index < -0.39 is 0 Å². The summed E-state index contributed by atoms with van der Waals surface area (Å²) in [5, 5.41) is 0.474. The van der Waals surface area contributed by atoms with Crippen LogP contribution in [-0.4, -0.2) is 15.0 Å². The van der Waals surface area contributed by atoms with Crippen molar-refractivity contribution in [3.05, 3.63) is 53.4 Å². The second-order valence-corrected chi connectivity index (χ2v) is 4.62. The molecule has 4 nitrogen and oxygen atoms in total. The predicted molar refractivity (Wildman–Crippen MR) is 76.6 cm³/mol. The zero-order valence-electron chi connectivity index (χ0n) is 10.3. The predicted octanol–water partition coefficient (Wildman–Crippen LogP) is 3.51. The number of nitrogens with one attached hydrogen (secondary N) is 1. The lowest BCUT2D eigenvalue weighted by molar-refractivity contribution is 0.628. The number of hydrogen-bond donors (Lipinski definition) is 2. The third kappa shape index (κ3) is 2.35. The summed E-state index contributed by atoms with van der Waals surface area (Å²) in [6.45, 7) is 0. The van der Waals surface area contributed by atoms with Crippen LogP contribution in [0.4, 0.5) is 10.3 Å². The molecule has 6 heteroatoms. The molecule has 2 aromatic heterocycles. The highest BCUT2D eigenvalue weighted by Gasteiger charge is 2.09. The van der Waals surface area contributed by atoms with Crippen LogP contribution < -0.4 is 5.73 Å². The van der Waals surface area contributed by atoms with Crippen LogP contribution in [0.25, 0.3) is 22.6 Å². The van der Waals surface area contributed by atoms with Gasteiger partial charge in [0, 0.05) is 17.5 Å². The number of rotatable bonds is 2. The summed E-state index contributed by atoms with van der Waals surface area (Å²) in [7, 11) is 0. The van der Waals surface area contributed by atoms with Crippen LogP contribution in [0.5, 0.6) is 0 Å². The van der Waals surface area contributed by atoms with Crippen molar-refractivity contribution in [2.45, 2.75) is 0 Å². The van der Waals surface area contributed by atoms with Crippen molar-refractivity contribution in [1.29, 1.82) is 0 Å². The van der Waals surface area contributed by atoms with Crippen LogP contribution in [0.1, 0.15) is 0 Å². The topological polar surface area (TPSA) is 67.6 Å². The fourth-order valence-corrected chi connectivity index (χ4v) is 2.15. The van der Waals surface area contributed by atoms with Gasteiger partial charge in [0.15, 0.2) is 0 Å². The van der Waals surface area contributed by atoms with Crippen molar-refractivity contribution in [2.24, 2.45) is 0 Å². The van der Waals surface area contributed by atoms with E-state index in [1.165, 1.54) is 18.2 Å². The van der Waals surface area contributed by atoms with Crippen molar-refractivity contribution >= 4 is 17.5 Å². The van der Waals surface area contributed by atoms with Gasteiger partial charge in [0.05, 0.1) is 16.4 Å². The summed E-state index contributed by atoms with van der Waals surface area (Å²) in [6, 6.07) is 9.61. The minimum atomic E-state index is -0.341. The number of aromatic nitrogens is 3. The fourth-order valence-electron chi connectivity index (χ4n) is 1.93. The van der Waals surface area contributed by atoms with Crippen molar-refractivity contribution in [1.82, 2.24) is 15.0 Å². The Morgan fingerprint density at radius 1 is 1.10 bits per heavy atom. The van der Waals surface area contributed by atoms with Gasteiger partial charge in [-0.1, -0.05) is 11.6 Å². The molecule has 0 bridgehead atoms. The molecule has 0 fully saturated rings. The quantitative estimate of drug-likeness (QED) is 0.758. The Balaban J connectivity index is 2.04. The van der Waals surface area contributed by atoms with E-state index in [9.17, 15) is 4.39 Å². The van der Waals surface area contributed by atoms with Gasteiger partial charge >= 0.3 is 0 Å². The van der Waals surface area contributed by atoms with Crippen molar-refractivity contribution in [3.8, 4) is 22.6 Å². The Morgan fingerprint density at radius 3 is 2.70 bits per heavy atom. The molecule has 2 heterocycles. The van der Waals surface area contributed by atoms with E-state index in [0.717, 1.165) is 5.69 Å². The number of H-pyrrole nitrogens is 1. The van der Waals surface area contributed by atoms with E-state index in [1.54, 1.807) is 12.3 Å². The summed E-state index contributed by atoms with van der Waals surface area (Å²) in [5.74, 6) is -0.144. The molecule has 0 saturated heterocycles. The molecule has 0 saturated carbocycles. The number of halogens is 2. The SMILES string of the molecule is Nc1nccc(-c2ccc(-c3cc(F)ccc3Cl)[nH]2)n1. The number of aromatic amines is 1. The molecule has 3 aromatic rings. The molecule has 3 rings (SSSR count). The zero-order valence-corrected chi connectivity index (χ0v) is 11.0. The summed E-state index contributed by atoms with van der Waals surface area (Å²) in [5.41, 5.74) is 8.28. The molecule has 0 amide bonds. The number of nitrogens with two attached hydrogens (primary N) is 1. The van der Waals surface area contributed by atoms with Crippen molar-refractivity contribution < 1.29 is 4.39 Å². The van der Waals surface area contributed by atoms with Crippen molar-refractivity contribution in [3.63, 3.8) is 0 Å². The van der Waals surface area contributed by atoms with E-state index in [4.69, 9.17) is 17.3 Å². The highest BCUT2D eigenvalue weighted by atomic mass is 35.5. The summed E-state index contributed by atoms with van der Waals surface area (Å²) in [4.78, 5) is 11.1. The Hall–Kier alpha value is -2.40. The average molecular weight is 289 g/mol. The summed E-state index contributed by atoms with van der Waals surface area (Å²) in [6.07, 6.45) is 1.58. The molecular weight excluding hydrogens is 279 g/mol. The van der Waals surface area contributed by atoms with Gasteiger partial charge in [-0.05, 0) is 36.4 Å². The largest absolute Gasteiger partial charge is 0.368 e. The standard InChI is InChI=1S/C14H10ClFN4/c15-10-2-1-8(16)7-9(10)11-3-4-12(19-11)13-5-6-18-14(17)20-13/h1-7,19H,(H2,17,18,20). The molecule has 1 aromatic carbocycles. The van der Waals surface area contributed by atoms with E-state index in [0.29, 0.717) is 22.0 Å². The highest BCUT2D eigenvalue weighted by Crippen LogP contribution is 2.29. The number of nitrogens with zero attached hydrogens (tertiary/aromatic N) is 2. The number of nitrogen functional groups attached to an aromatic ring is 1. The number of benzene rings is 1. The average Bonchev–Trinajstić information content (AvgIpc) is 2.91. The number of anilines is 1. The van der Waals surface area contributed by atoms with Gasteiger partial charge in [0.1, 0.15) is 5.82 Å². The van der Waals surface area contributed by atoms with Crippen LogP contribution in [0.3, 0.4) is 0 Å². The second-order valence-electron chi connectivity index (χ2n) is 4.21. The first-order valence-corrected chi connectivity index (χ1v) is 6.24.